The summed E-state index contributed by atoms with van der Waals surface area (Å²) in [4.78, 5) is 23.3. The Morgan fingerprint density at radius 2 is 1.79 bits per heavy atom. The molecule has 2 rings (SSSR count). The van der Waals surface area contributed by atoms with Crippen LogP contribution >= 0.6 is 11.3 Å². The van der Waals surface area contributed by atoms with Gasteiger partial charge in [-0.05, 0) is 0 Å². The van der Waals surface area contributed by atoms with Crippen molar-refractivity contribution in [2.75, 3.05) is 18.4 Å². The van der Waals surface area contributed by atoms with Crippen LogP contribution < -0.4 is 5.32 Å². The summed E-state index contributed by atoms with van der Waals surface area (Å²) in [6.07, 6.45) is -9.60. The molecule has 2 N–H and O–H groups in total. The van der Waals surface area contributed by atoms with Crippen molar-refractivity contribution in [3.63, 3.8) is 0 Å². The van der Waals surface area contributed by atoms with Crippen molar-refractivity contribution in [1.29, 1.82) is 0 Å². The van der Waals surface area contributed by atoms with Gasteiger partial charge in [-0.1, -0.05) is 11.3 Å². The van der Waals surface area contributed by atoms with Gasteiger partial charge in [-0.2, -0.15) is 26.3 Å². The highest BCUT2D eigenvalue weighted by molar-refractivity contribution is 7.15. The number of carbonyl (C=O) groups excluding carboxylic acids is 1. The van der Waals surface area contributed by atoms with E-state index in [9.17, 15) is 35.9 Å². The SMILES string of the molecule is O=C(O)[C@@H]1CN(C(=O)Nc2nnc(C(F)(F)F)s2)C[C@H]1C(F)(F)F. The molecule has 14 heteroatoms. The first-order chi connectivity index (χ1) is 10.9. The summed E-state index contributed by atoms with van der Waals surface area (Å²) < 4.78 is 75.5. The highest BCUT2D eigenvalue weighted by Crippen LogP contribution is 2.38. The summed E-state index contributed by atoms with van der Waals surface area (Å²) >= 11 is -0.00399. The molecule has 2 atom stereocenters. The van der Waals surface area contributed by atoms with E-state index in [-0.39, 0.29) is 11.3 Å². The highest BCUT2D eigenvalue weighted by atomic mass is 32.1. The Morgan fingerprint density at radius 1 is 1.17 bits per heavy atom. The van der Waals surface area contributed by atoms with Crippen LogP contribution in [0.15, 0.2) is 0 Å². The number of anilines is 1. The summed E-state index contributed by atoms with van der Waals surface area (Å²) in [7, 11) is 0. The maximum absolute atomic E-state index is 12.8. The number of carboxylic acids is 1. The van der Waals surface area contributed by atoms with Gasteiger partial charge in [0.2, 0.25) is 10.1 Å². The molecule has 0 spiro atoms. The van der Waals surface area contributed by atoms with Crippen LogP contribution in [0.2, 0.25) is 0 Å². The fourth-order valence-corrected chi connectivity index (χ4v) is 2.71. The molecule has 7 nitrogen and oxygen atoms in total. The Hall–Kier alpha value is -2.12. The summed E-state index contributed by atoms with van der Waals surface area (Å²) in [6, 6.07) is -1.18. The van der Waals surface area contributed by atoms with Gasteiger partial charge in [-0.25, -0.2) is 4.79 Å². The molecule has 0 aliphatic carbocycles. The van der Waals surface area contributed by atoms with Crippen molar-refractivity contribution in [1.82, 2.24) is 15.1 Å². The number of likely N-dealkylation sites (tertiary alicyclic amines) is 1. The van der Waals surface area contributed by atoms with Gasteiger partial charge in [0.1, 0.15) is 0 Å². The second kappa shape index (κ2) is 6.07. The number of halogens is 6. The average molecular weight is 378 g/mol. The van der Waals surface area contributed by atoms with Crippen molar-refractivity contribution in [2.45, 2.75) is 12.4 Å². The molecule has 1 aliphatic rings. The number of rotatable bonds is 2. The lowest BCUT2D eigenvalue weighted by atomic mass is 9.96. The van der Waals surface area contributed by atoms with Crippen LogP contribution in [0, 0.1) is 11.8 Å². The minimum atomic E-state index is -4.83. The molecule has 134 valence electrons. The van der Waals surface area contributed by atoms with Crippen molar-refractivity contribution < 1.29 is 41.0 Å². The summed E-state index contributed by atoms with van der Waals surface area (Å²) in [6.45, 7) is -1.65. The van der Waals surface area contributed by atoms with Gasteiger partial charge in [-0.15, -0.1) is 10.2 Å². The molecule has 1 saturated heterocycles. The van der Waals surface area contributed by atoms with Crippen LogP contribution in [0.25, 0.3) is 0 Å². The number of nitrogens with zero attached hydrogens (tertiary/aromatic N) is 3. The fraction of sp³-hybridized carbons (Fsp3) is 0.600. The Kier molecular flexibility index (Phi) is 4.61. The molecule has 24 heavy (non-hydrogen) atoms. The van der Waals surface area contributed by atoms with E-state index in [0.29, 0.717) is 4.90 Å². The van der Waals surface area contributed by atoms with E-state index in [1.165, 1.54) is 0 Å². The van der Waals surface area contributed by atoms with Gasteiger partial charge in [0.15, 0.2) is 0 Å². The lowest BCUT2D eigenvalue weighted by molar-refractivity contribution is -0.187. The molecular weight excluding hydrogens is 370 g/mol. The monoisotopic (exact) mass is 378 g/mol. The van der Waals surface area contributed by atoms with Crippen LogP contribution in [-0.2, 0) is 11.0 Å². The molecule has 0 radical (unpaired) electrons. The van der Waals surface area contributed by atoms with E-state index in [0.717, 1.165) is 0 Å². The lowest BCUT2D eigenvalue weighted by Gasteiger charge is -2.18. The molecule has 2 amide bonds. The Labute approximate surface area is 133 Å². The summed E-state index contributed by atoms with van der Waals surface area (Å²) in [5.74, 6) is -5.83. The zero-order valence-corrected chi connectivity index (χ0v) is 12.2. The minimum Gasteiger partial charge on any atom is -0.481 e. The number of alkyl halides is 6. The largest absolute Gasteiger partial charge is 0.481 e. The maximum atomic E-state index is 12.8. The lowest BCUT2D eigenvalue weighted by Crippen LogP contribution is -2.35. The molecule has 2 heterocycles. The molecule has 1 fully saturated rings. The molecule has 1 aliphatic heterocycles. The van der Waals surface area contributed by atoms with Crippen LogP contribution in [0.4, 0.5) is 36.3 Å². The number of carbonyl (C=O) groups is 2. The second-order valence-corrected chi connectivity index (χ2v) is 5.82. The molecule has 0 unspecified atom stereocenters. The molecule has 1 aromatic rings. The third-order valence-electron chi connectivity index (χ3n) is 3.23. The smallest absolute Gasteiger partial charge is 0.445 e. The first kappa shape index (κ1) is 18.2. The van der Waals surface area contributed by atoms with Gasteiger partial charge >= 0.3 is 24.4 Å². The van der Waals surface area contributed by atoms with Gasteiger partial charge in [0.05, 0.1) is 11.8 Å². The first-order valence-electron chi connectivity index (χ1n) is 6.15. The van der Waals surface area contributed by atoms with Crippen LogP contribution in [0.1, 0.15) is 5.01 Å². The number of aliphatic carboxylic acids is 1. The van der Waals surface area contributed by atoms with Crippen molar-refractivity contribution in [3.05, 3.63) is 5.01 Å². The van der Waals surface area contributed by atoms with Crippen molar-refractivity contribution in [2.24, 2.45) is 11.8 Å². The number of hydrogen-bond acceptors (Lipinski definition) is 5. The number of carboxylic acid groups (broad SMARTS) is 1. The predicted molar refractivity (Wildman–Crippen MR) is 66.2 cm³/mol. The van der Waals surface area contributed by atoms with Gasteiger partial charge in [0.25, 0.3) is 0 Å². The maximum Gasteiger partial charge on any atom is 0.445 e. The summed E-state index contributed by atoms with van der Waals surface area (Å²) in [5.41, 5.74) is 0. The highest BCUT2D eigenvalue weighted by Gasteiger charge is 2.53. The molecular formula is C10H8F6N4O3S. The van der Waals surface area contributed by atoms with Gasteiger partial charge in [0, 0.05) is 13.1 Å². The van der Waals surface area contributed by atoms with E-state index < -0.39 is 59.4 Å². The van der Waals surface area contributed by atoms with Crippen LogP contribution in [-0.4, -0.2) is 51.5 Å². The third-order valence-corrected chi connectivity index (χ3v) is 4.11. The third kappa shape index (κ3) is 3.85. The van der Waals surface area contributed by atoms with Crippen LogP contribution in [0.5, 0.6) is 0 Å². The Balaban J connectivity index is 2.08. The van der Waals surface area contributed by atoms with Crippen molar-refractivity contribution in [3.8, 4) is 0 Å². The number of aromatic nitrogens is 2. The van der Waals surface area contributed by atoms with Crippen LogP contribution in [0.3, 0.4) is 0 Å². The number of amides is 2. The quantitative estimate of drug-likeness (QED) is 0.770. The van der Waals surface area contributed by atoms with Gasteiger partial charge in [-0.3, -0.25) is 10.1 Å². The van der Waals surface area contributed by atoms with E-state index in [1.807, 2.05) is 5.32 Å². The average Bonchev–Trinajstić information content (AvgIpc) is 3.02. The van der Waals surface area contributed by atoms with E-state index >= 15 is 0 Å². The fourth-order valence-electron chi connectivity index (χ4n) is 2.11. The number of urea groups is 1. The standard InChI is InChI=1S/C10H8F6N4O3S/c11-9(12,13)4-2-20(1-3(4)5(21)22)8(23)17-7-19-18-6(24-7)10(14,15)16/h3-4H,1-2H2,(H,21,22)(H,17,19,23)/t3-,4-/m1/s1. The molecule has 0 bridgehead atoms. The Bertz CT molecular complexity index is 645. The topological polar surface area (TPSA) is 95.4 Å². The van der Waals surface area contributed by atoms with E-state index in [1.54, 1.807) is 0 Å². The summed E-state index contributed by atoms with van der Waals surface area (Å²) in [5, 5.41) is 14.7. The van der Waals surface area contributed by atoms with Gasteiger partial charge < -0.3 is 10.0 Å². The second-order valence-electron chi connectivity index (χ2n) is 4.84. The first-order valence-corrected chi connectivity index (χ1v) is 6.97. The van der Waals surface area contributed by atoms with Crippen molar-refractivity contribution >= 4 is 28.5 Å². The number of nitrogens with one attached hydrogen (secondary N) is 1. The zero-order chi connectivity index (χ0) is 18.3. The molecule has 0 aromatic carbocycles. The van der Waals surface area contributed by atoms with E-state index in [2.05, 4.69) is 10.2 Å². The number of hydrogen-bond donors (Lipinski definition) is 2. The zero-order valence-electron chi connectivity index (χ0n) is 11.4. The molecule has 1 aromatic heterocycles. The minimum absolute atomic E-state index is 0.00399. The molecule has 0 saturated carbocycles. The Morgan fingerprint density at radius 3 is 2.21 bits per heavy atom. The normalized spacial score (nSPS) is 21.8. The predicted octanol–water partition coefficient (Wildman–Crippen LogP) is 2.28. The van der Waals surface area contributed by atoms with E-state index in [4.69, 9.17) is 5.11 Å².